The predicted molar refractivity (Wildman–Crippen MR) is 128 cm³/mol. The molecule has 0 bridgehead atoms. The van der Waals surface area contributed by atoms with Crippen LogP contribution in [0.1, 0.15) is 83.5 Å². The van der Waals surface area contributed by atoms with Gasteiger partial charge in [-0.05, 0) is 50.3 Å². The van der Waals surface area contributed by atoms with Crippen LogP contribution in [-0.2, 0) is 14.1 Å². The SMILES string of the molecule is CCCC1C(=O)N(C)CCN1C(=O)c1ccc(F)c(B2OC(CC)(CC)C(CC)(CC)O2)c1. The predicted octanol–water partition coefficient (Wildman–Crippen LogP) is 3.77. The van der Waals surface area contributed by atoms with Crippen molar-refractivity contribution in [3.63, 3.8) is 0 Å². The van der Waals surface area contributed by atoms with Crippen molar-refractivity contribution in [3.05, 3.63) is 29.6 Å². The highest BCUT2D eigenvalue weighted by Gasteiger charge is 2.59. The van der Waals surface area contributed by atoms with Gasteiger partial charge in [-0.1, -0.05) is 41.0 Å². The Bertz CT molecular complexity index is 852. The first-order chi connectivity index (χ1) is 15.7. The first kappa shape index (κ1) is 25.7. The van der Waals surface area contributed by atoms with E-state index in [1.807, 2.05) is 6.92 Å². The Hall–Kier alpha value is -1.93. The van der Waals surface area contributed by atoms with Gasteiger partial charge < -0.3 is 19.1 Å². The number of hydrogen-bond donors (Lipinski definition) is 0. The summed E-state index contributed by atoms with van der Waals surface area (Å²) in [5.74, 6) is -0.767. The summed E-state index contributed by atoms with van der Waals surface area (Å²) in [5.41, 5.74) is -0.433. The molecule has 2 aliphatic heterocycles. The molecule has 0 radical (unpaired) electrons. The van der Waals surface area contributed by atoms with Gasteiger partial charge in [-0.2, -0.15) is 0 Å². The van der Waals surface area contributed by atoms with Crippen molar-refractivity contribution in [2.45, 2.75) is 90.4 Å². The van der Waals surface area contributed by atoms with E-state index < -0.39 is 30.2 Å². The smallest absolute Gasteiger partial charge is 0.399 e. The van der Waals surface area contributed by atoms with Gasteiger partial charge in [-0.15, -0.1) is 0 Å². The van der Waals surface area contributed by atoms with Gasteiger partial charge in [0.2, 0.25) is 5.91 Å². The highest BCUT2D eigenvalue weighted by atomic mass is 19.1. The van der Waals surface area contributed by atoms with Gasteiger partial charge in [-0.3, -0.25) is 9.59 Å². The van der Waals surface area contributed by atoms with Crippen LogP contribution in [0.4, 0.5) is 4.39 Å². The van der Waals surface area contributed by atoms with E-state index >= 15 is 4.39 Å². The van der Waals surface area contributed by atoms with Crippen LogP contribution in [0.2, 0.25) is 0 Å². The monoisotopic (exact) mass is 460 g/mol. The molecular formula is C25H38BFN2O4. The second-order valence-electron chi connectivity index (χ2n) is 9.27. The van der Waals surface area contributed by atoms with Crippen LogP contribution in [0.3, 0.4) is 0 Å². The second-order valence-corrected chi connectivity index (χ2v) is 9.27. The standard InChI is InChI=1S/C25H38BFN2O4/c1-7-12-21-23(31)28(6)15-16-29(21)22(30)18-13-14-20(27)19(17-18)26-32-24(8-2,9-3)25(10-4,11-5)33-26/h13-14,17,21H,7-12,15-16H2,1-6H3. The first-order valence-corrected chi connectivity index (χ1v) is 12.4. The molecule has 0 aromatic heterocycles. The van der Waals surface area contributed by atoms with Crippen LogP contribution in [-0.4, -0.2) is 66.1 Å². The number of piperazine rings is 1. The van der Waals surface area contributed by atoms with Gasteiger partial charge in [0, 0.05) is 31.2 Å². The van der Waals surface area contributed by atoms with E-state index in [1.165, 1.54) is 12.1 Å². The summed E-state index contributed by atoms with van der Waals surface area (Å²) in [7, 11) is 0.886. The van der Waals surface area contributed by atoms with Gasteiger partial charge in [0.15, 0.2) is 0 Å². The Kier molecular flexibility index (Phi) is 7.89. The molecule has 2 saturated heterocycles. The van der Waals surface area contributed by atoms with Crippen molar-refractivity contribution in [3.8, 4) is 0 Å². The third-order valence-corrected chi connectivity index (χ3v) is 7.81. The lowest BCUT2D eigenvalue weighted by Crippen LogP contribution is -2.57. The summed E-state index contributed by atoms with van der Waals surface area (Å²) in [4.78, 5) is 29.4. The van der Waals surface area contributed by atoms with Gasteiger partial charge in [0.25, 0.3) is 5.91 Å². The van der Waals surface area contributed by atoms with E-state index in [0.29, 0.717) is 25.1 Å². The van der Waals surface area contributed by atoms with Gasteiger partial charge in [-0.25, -0.2) is 4.39 Å². The topological polar surface area (TPSA) is 59.1 Å². The highest BCUT2D eigenvalue weighted by molar-refractivity contribution is 6.62. The Morgan fingerprint density at radius 2 is 1.64 bits per heavy atom. The Morgan fingerprint density at radius 1 is 1.06 bits per heavy atom. The molecule has 6 nitrogen and oxygen atoms in total. The molecule has 1 aromatic rings. The summed E-state index contributed by atoms with van der Waals surface area (Å²) >= 11 is 0. The molecule has 33 heavy (non-hydrogen) atoms. The van der Waals surface area contributed by atoms with E-state index in [1.54, 1.807) is 22.9 Å². The number of carbonyl (C=O) groups is 2. The zero-order chi connectivity index (χ0) is 24.4. The number of carbonyl (C=O) groups excluding carboxylic acids is 2. The zero-order valence-corrected chi connectivity index (χ0v) is 20.9. The minimum Gasteiger partial charge on any atom is -0.399 e. The van der Waals surface area contributed by atoms with Crippen LogP contribution in [0, 0.1) is 5.82 Å². The van der Waals surface area contributed by atoms with Crippen LogP contribution in [0.15, 0.2) is 18.2 Å². The number of benzene rings is 1. The maximum atomic E-state index is 15.0. The van der Waals surface area contributed by atoms with E-state index in [-0.39, 0.29) is 17.3 Å². The quantitative estimate of drug-likeness (QED) is 0.555. The number of amides is 2. The van der Waals surface area contributed by atoms with Crippen molar-refractivity contribution in [2.75, 3.05) is 20.1 Å². The third-order valence-electron chi connectivity index (χ3n) is 7.81. The molecule has 2 aliphatic rings. The minimum absolute atomic E-state index is 0.0485. The molecule has 0 aliphatic carbocycles. The lowest BCUT2D eigenvalue weighted by molar-refractivity contribution is -0.138. The molecule has 1 atom stereocenters. The fourth-order valence-electron chi connectivity index (χ4n) is 5.63. The van der Waals surface area contributed by atoms with Crippen LogP contribution in [0.5, 0.6) is 0 Å². The number of halogens is 1. The summed E-state index contributed by atoms with van der Waals surface area (Å²) < 4.78 is 27.9. The lowest BCUT2D eigenvalue weighted by Gasteiger charge is -2.42. The fraction of sp³-hybridized carbons (Fsp3) is 0.680. The summed E-state index contributed by atoms with van der Waals surface area (Å²) in [5, 5.41) is 0. The number of nitrogens with zero attached hydrogens (tertiary/aromatic N) is 2. The van der Waals surface area contributed by atoms with Crippen LogP contribution >= 0.6 is 0 Å². The van der Waals surface area contributed by atoms with E-state index in [4.69, 9.17) is 9.31 Å². The lowest BCUT2D eigenvalue weighted by atomic mass is 9.75. The van der Waals surface area contributed by atoms with Gasteiger partial charge >= 0.3 is 7.12 Å². The van der Waals surface area contributed by atoms with Crippen molar-refractivity contribution in [2.24, 2.45) is 0 Å². The molecule has 8 heteroatoms. The van der Waals surface area contributed by atoms with Crippen molar-refractivity contribution >= 4 is 24.4 Å². The Morgan fingerprint density at radius 3 is 2.15 bits per heavy atom. The van der Waals surface area contributed by atoms with E-state index in [0.717, 1.165) is 32.1 Å². The molecule has 182 valence electrons. The minimum atomic E-state index is -0.877. The van der Waals surface area contributed by atoms with Crippen molar-refractivity contribution in [1.82, 2.24) is 9.80 Å². The summed E-state index contributed by atoms with van der Waals surface area (Å²) in [6, 6.07) is 3.85. The number of hydrogen-bond acceptors (Lipinski definition) is 4. The largest absolute Gasteiger partial charge is 0.497 e. The average Bonchev–Trinajstić information content (AvgIpc) is 3.17. The summed E-state index contributed by atoms with van der Waals surface area (Å²) in [6.07, 6.45) is 4.41. The highest BCUT2D eigenvalue weighted by Crippen LogP contribution is 2.46. The molecule has 0 spiro atoms. The maximum absolute atomic E-state index is 15.0. The molecule has 3 rings (SSSR count). The molecule has 2 fully saturated rings. The molecule has 1 aromatic carbocycles. The van der Waals surface area contributed by atoms with E-state index in [9.17, 15) is 9.59 Å². The zero-order valence-electron chi connectivity index (χ0n) is 20.9. The van der Waals surface area contributed by atoms with E-state index in [2.05, 4.69) is 27.7 Å². The normalized spacial score (nSPS) is 22.2. The molecule has 2 amide bonds. The molecular weight excluding hydrogens is 422 g/mol. The second kappa shape index (κ2) is 10.1. The Balaban J connectivity index is 1.94. The van der Waals surface area contributed by atoms with Crippen LogP contribution < -0.4 is 5.46 Å². The molecule has 1 unspecified atom stereocenters. The van der Waals surface area contributed by atoms with Crippen molar-refractivity contribution < 1.29 is 23.3 Å². The molecule has 2 heterocycles. The van der Waals surface area contributed by atoms with Gasteiger partial charge in [0.1, 0.15) is 11.9 Å². The molecule has 0 saturated carbocycles. The first-order valence-electron chi connectivity index (χ1n) is 12.4. The third kappa shape index (κ3) is 4.32. The maximum Gasteiger partial charge on any atom is 0.497 e. The fourth-order valence-corrected chi connectivity index (χ4v) is 5.63. The van der Waals surface area contributed by atoms with Gasteiger partial charge in [0.05, 0.1) is 11.2 Å². The summed E-state index contributed by atoms with van der Waals surface area (Å²) in [6.45, 7) is 11.2. The Labute approximate surface area is 197 Å². The van der Waals surface area contributed by atoms with Crippen LogP contribution in [0.25, 0.3) is 0 Å². The number of rotatable bonds is 8. The number of likely N-dealkylation sites (N-methyl/N-ethyl adjacent to an activating group) is 1. The molecule has 0 N–H and O–H groups in total. The average molecular weight is 460 g/mol. The van der Waals surface area contributed by atoms with Crippen molar-refractivity contribution in [1.29, 1.82) is 0 Å².